The molecule has 4 N–H and O–H groups in total. The summed E-state index contributed by atoms with van der Waals surface area (Å²) >= 11 is 0. The van der Waals surface area contributed by atoms with E-state index >= 15 is 0 Å². The summed E-state index contributed by atoms with van der Waals surface area (Å²) in [4.78, 5) is 37.9. The number of amidine groups is 1. The van der Waals surface area contributed by atoms with Gasteiger partial charge in [-0.2, -0.15) is 4.99 Å². The van der Waals surface area contributed by atoms with Gasteiger partial charge in [-0.15, -0.1) is 0 Å². The van der Waals surface area contributed by atoms with E-state index in [0.29, 0.717) is 11.7 Å². The number of nitrogen functional groups attached to an aromatic ring is 1. The van der Waals surface area contributed by atoms with Crippen molar-refractivity contribution in [3.05, 3.63) is 60.3 Å². The van der Waals surface area contributed by atoms with Crippen LogP contribution in [-0.2, 0) is 5.41 Å². The van der Waals surface area contributed by atoms with Gasteiger partial charge in [-0.25, -0.2) is 19.9 Å². The number of rotatable bonds is 8. The number of amides is 1. The molecular formula is C25H31N9O. The largest absolute Gasteiger partial charge is 0.386 e. The standard InChI is InChI=1S/C25H31N9O/c1-33(2)11-12-34(3)21-16-28-20(15-29-21)22(35)32-23(26)25(9-4-10-25)19-7-5-17(6-8-19)18-13-30-24(27)31-14-18/h5-8,13-16H,4,9-12H2,1-3H3,(H2,26,32,35)(H2,27,30,31). The number of aliphatic imine (C=N–C) groups is 1. The minimum absolute atomic E-state index is 0.172. The van der Waals surface area contributed by atoms with Gasteiger partial charge in [0.15, 0.2) is 0 Å². The average Bonchev–Trinajstić information content (AvgIpc) is 2.83. The normalized spacial score (nSPS) is 15.0. The monoisotopic (exact) mass is 473 g/mol. The topological polar surface area (TPSA) is 140 Å². The Morgan fingerprint density at radius 2 is 1.63 bits per heavy atom. The van der Waals surface area contributed by atoms with Crippen molar-refractivity contribution >= 4 is 23.5 Å². The van der Waals surface area contributed by atoms with Gasteiger partial charge in [-0.3, -0.25) is 4.79 Å². The van der Waals surface area contributed by atoms with Crippen molar-refractivity contribution in [3.8, 4) is 11.1 Å². The molecular weight excluding hydrogens is 442 g/mol. The number of anilines is 2. The number of likely N-dealkylation sites (N-methyl/N-ethyl adjacent to an activating group) is 2. The van der Waals surface area contributed by atoms with Crippen LogP contribution in [0.25, 0.3) is 11.1 Å². The molecule has 2 heterocycles. The van der Waals surface area contributed by atoms with Gasteiger partial charge in [-0.1, -0.05) is 30.7 Å². The Morgan fingerprint density at radius 3 is 2.17 bits per heavy atom. The van der Waals surface area contributed by atoms with Crippen LogP contribution < -0.4 is 16.4 Å². The van der Waals surface area contributed by atoms with E-state index in [2.05, 4.69) is 29.8 Å². The van der Waals surface area contributed by atoms with E-state index in [0.717, 1.165) is 49.0 Å². The number of nitrogens with two attached hydrogens (primary N) is 2. The van der Waals surface area contributed by atoms with Crippen LogP contribution >= 0.6 is 0 Å². The fourth-order valence-electron chi connectivity index (χ4n) is 4.06. The van der Waals surface area contributed by atoms with E-state index in [1.54, 1.807) is 18.6 Å². The van der Waals surface area contributed by atoms with Gasteiger partial charge in [0.2, 0.25) is 5.95 Å². The number of carbonyl (C=O) groups is 1. The minimum atomic E-state index is -0.487. The second-order valence-electron chi connectivity index (χ2n) is 9.13. The summed E-state index contributed by atoms with van der Waals surface area (Å²) in [6.45, 7) is 1.68. The summed E-state index contributed by atoms with van der Waals surface area (Å²) in [7, 11) is 5.97. The zero-order valence-electron chi connectivity index (χ0n) is 20.3. The van der Waals surface area contributed by atoms with Gasteiger partial charge in [-0.05, 0) is 38.1 Å². The van der Waals surface area contributed by atoms with Gasteiger partial charge < -0.3 is 21.3 Å². The SMILES string of the molecule is CN(C)CCN(C)c1cnc(C(=O)N=C(N)C2(c3ccc(-c4cnc(N)nc4)cc3)CCC2)cn1. The third-order valence-corrected chi connectivity index (χ3v) is 6.49. The summed E-state index contributed by atoms with van der Waals surface area (Å²) in [6.07, 6.45) is 9.12. The summed E-state index contributed by atoms with van der Waals surface area (Å²) in [6, 6.07) is 8.04. The molecule has 1 aliphatic carbocycles. The van der Waals surface area contributed by atoms with Crippen molar-refractivity contribution in [2.45, 2.75) is 24.7 Å². The van der Waals surface area contributed by atoms with Crippen molar-refractivity contribution in [2.75, 3.05) is 44.9 Å². The Hall–Kier alpha value is -3.92. The van der Waals surface area contributed by atoms with Gasteiger partial charge in [0, 0.05) is 38.1 Å². The lowest BCUT2D eigenvalue weighted by atomic mass is 9.63. The Morgan fingerprint density at radius 1 is 0.943 bits per heavy atom. The molecule has 2 aromatic heterocycles. The fourth-order valence-corrected chi connectivity index (χ4v) is 4.06. The molecule has 0 bridgehead atoms. The van der Waals surface area contributed by atoms with Gasteiger partial charge >= 0.3 is 0 Å². The highest BCUT2D eigenvalue weighted by molar-refractivity contribution is 6.05. The number of carbonyl (C=O) groups excluding carboxylic acids is 1. The van der Waals surface area contributed by atoms with Gasteiger partial charge in [0.25, 0.3) is 5.91 Å². The molecule has 1 saturated carbocycles. The first-order chi connectivity index (χ1) is 16.8. The van der Waals surface area contributed by atoms with Crippen molar-refractivity contribution in [2.24, 2.45) is 10.7 Å². The van der Waals surface area contributed by atoms with Crippen LogP contribution in [0.4, 0.5) is 11.8 Å². The van der Waals surface area contributed by atoms with Crippen LogP contribution in [0.5, 0.6) is 0 Å². The minimum Gasteiger partial charge on any atom is -0.386 e. The average molecular weight is 474 g/mol. The predicted molar refractivity (Wildman–Crippen MR) is 137 cm³/mol. The zero-order chi connectivity index (χ0) is 25.0. The third-order valence-electron chi connectivity index (χ3n) is 6.49. The molecule has 1 fully saturated rings. The van der Waals surface area contributed by atoms with E-state index in [1.165, 1.54) is 6.20 Å². The van der Waals surface area contributed by atoms with E-state index < -0.39 is 11.3 Å². The smallest absolute Gasteiger partial charge is 0.298 e. The lowest BCUT2D eigenvalue weighted by Crippen LogP contribution is -2.47. The molecule has 0 aliphatic heterocycles. The van der Waals surface area contributed by atoms with Gasteiger partial charge in [0.1, 0.15) is 17.3 Å². The van der Waals surface area contributed by atoms with Crippen LogP contribution in [0, 0.1) is 0 Å². The Balaban J connectivity index is 1.49. The maximum Gasteiger partial charge on any atom is 0.298 e. The van der Waals surface area contributed by atoms with Crippen molar-refractivity contribution in [3.63, 3.8) is 0 Å². The summed E-state index contributed by atoms with van der Waals surface area (Å²) in [5.74, 6) is 0.760. The second-order valence-corrected chi connectivity index (χ2v) is 9.13. The van der Waals surface area contributed by atoms with Gasteiger partial charge in [0.05, 0.1) is 17.8 Å². The first kappa shape index (κ1) is 24.2. The fraction of sp³-hybridized carbons (Fsp3) is 0.360. The molecule has 0 radical (unpaired) electrons. The lowest BCUT2D eigenvalue weighted by molar-refractivity contribution is 0.0996. The van der Waals surface area contributed by atoms with Crippen LogP contribution in [0.15, 0.2) is 54.0 Å². The number of hydrogen-bond donors (Lipinski definition) is 2. The highest BCUT2D eigenvalue weighted by Gasteiger charge is 2.43. The summed E-state index contributed by atoms with van der Waals surface area (Å²) < 4.78 is 0. The molecule has 0 saturated heterocycles. The number of aromatic nitrogens is 4. The van der Waals surface area contributed by atoms with E-state index in [4.69, 9.17) is 11.5 Å². The van der Waals surface area contributed by atoms with E-state index in [9.17, 15) is 4.79 Å². The molecule has 0 atom stereocenters. The third kappa shape index (κ3) is 5.27. The quantitative estimate of drug-likeness (QED) is 0.372. The molecule has 182 valence electrons. The van der Waals surface area contributed by atoms with Crippen LogP contribution in [0.2, 0.25) is 0 Å². The molecule has 4 rings (SSSR count). The molecule has 10 nitrogen and oxygen atoms in total. The van der Waals surface area contributed by atoms with Crippen LogP contribution in [0.1, 0.15) is 35.3 Å². The molecule has 1 aromatic carbocycles. The molecule has 0 unspecified atom stereocenters. The Bertz CT molecular complexity index is 1190. The second kappa shape index (κ2) is 10.1. The van der Waals surface area contributed by atoms with E-state index in [-0.39, 0.29) is 11.6 Å². The molecule has 1 amide bonds. The maximum atomic E-state index is 12.8. The maximum absolute atomic E-state index is 12.8. The molecule has 10 heteroatoms. The number of hydrogen-bond acceptors (Lipinski definition) is 8. The Kier molecular flexibility index (Phi) is 7.02. The van der Waals surface area contributed by atoms with Crippen molar-refractivity contribution in [1.29, 1.82) is 0 Å². The first-order valence-corrected chi connectivity index (χ1v) is 11.5. The number of nitrogens with zero attached hydrogens (tertiary/aromatic N) is 7. The predicted octanol–water partition coefficient (Wildman–Crippen LogP) is 2.13. The molecule has 0 spiro atoms. The summed E-state index contributed by atoms with van der Waals surface area (Å²) in [5, 5.41) is 0. The Labute approximate surface area is 205 Å². The summed E-state index contributed by atoms with van der Waals surface area (Å²) in [5.41, 5.74) is 14.6. The number of benzene rings is 1. The van der Waals surface area contributed by atoms with Crippen molar-refractivity contribution < 1.29 is 4.79 Å². The van der Waals surface area contributed by atoms with Crippen molar-refractivity contribution in [1.82, 2.24) is 24.8 Å². The highest BCUT2D eigenvalue weighted by atomic mass is 16.1. The zero-order valence-corrected chi connectivity index (χ0v) is 20.3. The van der Waals surface area contributed by atoms with E-state index in [1.807, 2.05) is 50.3 Å². The lowest BCUT2D eigenvalue weighted by Gasteiger charge is -2.41. The molecule has 35 heavy (non-hydrogen) atoms. The molecule has 3 aromatic rings. The molecule has 1 aliphatic rings. The first-order valence-electron chi connectivity index (χ1n) is 11.5. The van der Waals surface area contributed by atoms with Crippen LogP contribution in [0.3, 0.4) is 0 Å². The van der Waals surface area contributed by atoms with Crippen LogP contribution in [-0.4, -0.2) is 70.8 Å². The highest BCUT2D eigenvalue weighted by Crippen LogP contribution is 2.44.